The number of halogens is 2. The van der Waals surface area contributed by atoms with E-state index in [0.717, 1.165) is 39.1 Å². The summed E-state index contributed by atoms with van der Waals surface area (Å²) in [4.78, 5) is 14.3. The highest BCUT2D eigenvalue weighted by molar-refractivity contribution is 5.85. The molecule has 1 aliphatic rings. The van der Waals surface area contributed by atoms with Gasteiger partial charge in [-0.05, 0) is 45.8 Å². The first-order valence-electron chi connectivity index (χ1n) is 7.48. The van der Waals surface area contributed by atoms with E-state index in [9.17, 15) is 4.79 Å². The van der Waals surface area contributed by atoms with E-state index in [1.807, 2.05) is 6.92 Å². The van der Waals surface area contributed by atoms with Crippen molar-refractivity contribution in [1.29, 1.82) is 0 Å². The Kier molecular flexibility index (Phi) is 15.5. The van der Waals surface area contributed by atoms with Crippen LogP contribution >= 0.6 is 24.8 Å². The molecule has 6 heteroatoms. The molecule has 0 saturated carbocycles. The summed E-state index contributed by atoms with van der Waals surface area (Å²) in [5, 5.41) is 6.31. The summed E-state index contributed by atoms with van der Waals surface area (Å²) < 4.78 is 0. The first-order valence-corrected chi connectivity index (χ1v) is 7.48. The third kappa shape index (κ3) is 9.01. The second kappa shape index (κ2) is 13.9. The van der Waals surface area contributed by atoms with Crippen LogP contribution in [0, 0.1) is 0 Å². The third-order valence-electron chi connectivity index (χ3n) is 3.60. The van der Waals surface area contributed by atoms with Gasteiger partial charge in [0.25, 0.3) is 0 Å². The number of hydrogen-bond acceptors (Lipinski definition) is 3. The van der Waals surface area contributed by atoms with E-state index in [0.29, 0.717) is 0 Å². The van der Waals surface area contributed by atoms with Gasteiger partial charge < -0.3 is 10.6 Å². The maximum Gasteiger partial charge on any atom is 0.237 e. The normalized spacial score (nSPS) is 17.3. The molecule has 1 fully saturated rings. The van der Waals surface area contributed by atoms with Gasteiger partial charge in [0.2, 0.25) is 5.91 Å². The molecule has 0 aromatic rings. The zero-order valence-electron chi connectivity index (χ0n) is 12.8. The summed E-state index contributed by atoms with van der Waals surface area (Å²) in [5.41, 5.74) is 0. The van der Waals surface area contributed by atoms with Crippen molar-refractivity contribution >= 4 is 30.7 Å². The molecule has 0 radical (unpaired) electrons. The minimum atomic E-state index is 0. The molecular formula is C14H31Cl2N3O. The Morgan fingerprint density at radius 2 is 1.65 bits per heavy atom. The monoisotopic (exact) mass is 327 g/mol. The molecule has 2 N–H and O–H groups in total. The van der Waals surface area contributed by atoms with Gasteiger partial charge in [0.15, 0.2) is 0 Å². The number of rotatable bonds is 7. The van der Waals surface area contributed by atoms with Gasteiger partial charge in [0.1, 0.15) is 0 Å². The van der Waals surface area contributed by atoms with Crippen LogP contribution in [0.25, 0.3) is 0 Å². The molecule has 122 valence electrons. The van der Waals surface area contributed by atoms with Crippen molar-refractivity contribution in [2.45, 2.75) is 52.0 Å². The average Bonchev–Trinajstić information content (AvgIpc) is 2.66. The van der Waals surface area contributed by atoms with Crippen LogP contribution in [0.5, 0.6) is 0 Å². The van der Waals surface area contributed by atoms with E-state index in [-0.39, 0.29) is 36.8 Å². The van der Waals surface area contributed by atoms with Gasteiger partial charge in [-0.25, -0.2) is 0 Å². The maximum absolute atomic E-state index is 12.0. The largest absolute Gasteiger partial charge is 0.353 e. The van der Waals surface area contributed by atoms with Gasteiger partial charge in [-0.3, -0.25) is 9.69 Å². The molecule has 1 atom stereocenters. The minimum Gasteiger partial charge on any atom is -0.353 e. The highest BCUT2D eigenvalue weighted by Gasteiger charge is 2.21. The SMILES string of the molecule is CCCNCCNC(=O)C(C)N1CCCCCC1.Cl.Cl. The van der Waals surface area contributed by atoms with Gasteiger partial charge in [-0.1, -0.05) is 19.8 Å². The number of carbonyl (C=O) groups is 1. The average molecular weight is 328 g/mol. The molecular weight excluding hydrogens is 297 g/mol. The van der Waals surface area contributed by atoms with Crippen LogP contribution in [-0.4, -0.2) is 49.6 Å². The lowest BCUT2D eigenvalue weighted by atomic mass is 10.2. The van der Waals surface area contributed by atoms with Crippen molar-refractivity contribution < 1.29 is 4.79 Å². The van der Waals surface area contributed by atoms with Crippen LogP contribution in [-0.2, 0) is 4.79 Å². The molecule has 1 saturated heterocycles. The van der Waals surface area contributed by atoms with Crippen molar-refractivity contribution in [3.63, 3.8) is 0 Å². The Hall–Kier alpha value is -0.0300. The maximum atomic E-state index is 12.0. The fraction of sp³-hybridized carbons (Fsp3) is 0.929. The lowest BCUT2D eigenvalue weighted by molar-refractivity contribution is -0.125. The van der Waals surface area contributed by atoms with Crippen molar-refractivity contribution in [2.24, 2.45) is 0 Å². The summed E-state index contributed by atoms with van der Waals surface area (Å²) in [5.74, 6) is 0.176. The van der Waals surface area contributed by atoms with E-state index in [2.05, 4.69) is 22.5 Å². The topological polar surface area (TPSA) is 44.4 Å². The highest BCUT2D eigenvalue weighted by atomic mass is 35.5. The molecule has 1 unspecified atom stereocenters. The molecule has 20 heavy (non-hydrogen) atoms. The lowest BCUT2D eigenvalue weighted by Gasteiger charge is -2.26. The van der Waals surface area contributed by atoms with E-state index >= 15 is 0 Å². The Bertz CT molecular complexity index is 234. The van der Waals surface area contributed by atoms with Gasteiger partial charge in [0.05, 0.1) is 6.04 Å². The summed E-state index contributed by atoms with van der Waals surface area (Å²) in [6.07, 6.45) is 6.22. The predicted molar refractivity (Wildman–Crippen MR) is 90.2 cm³/mol. The number of hydrogen-bond donors (Lipinski definition) is 2. The fourth-order valence-electron chi connectivity index (χ4n) is 2.37. The van der Waals surface area contributed by atoms with Gasteiger partial charge in [0, 0.05) is 13.1 Å². The number of amides is 1. The fourth-order valence-corrected chi connectivity index (χ4v) is 2.37. The molecule has 0 spiro atoms. The Balaban J connectivity index is 0. The number of carbonyl (C=O) groups excluding carboxylic acids is 1. The Labute approximate surface area is 136 Å². The standard InChI is InChI=1S/C14H29N3O.2ClH/c1-3-8-15-9-10-16-14(18)13(2)17-11-6-4-5-7-12-17;;/h13,15H,3-12H2,1-2H3,(H,16,18);2*1H. The molecule has 0 aromatic carbocycles. The molecule has 0 aliphatic carbocycles. The molecule has 0 aromatic heterocycles. The van der Waals surface area contributed by atoms with Crippen molar-refractivity contribution in [2.75, 3.05) is 32.7 Å². The van der Waals surface area contributed by atoms with Gasteiger partial charge in [-0.15, -0.1) is 24.8 Å². The smallest absolute Gasteiger partial charge is 0.237 e. The van der Waals surface area contributed by atoms with E-state index in [1.54, 1.807) is 0 Å². The van der Waals surface area contributed by atoms with E-state index < -0.39 is 0 Å². The van der Waals surface area contributed by atoms with E-state index in [4.69, 9.17) is 0 Å². The number of likely N-dealkylation sites (tertiary alicyclic amines) is 1. The summed E-state index contributed by atoms with van der Waals surface area (Å²) >= 11 is 0. The van der Waals surface area contributed by atoms with Gasteiger partial charge >= 0.3 is 0 Å². The Morgan fingerprint density at radius 3 is 2.20 bits per heavy atom. The van der Waals surface area contributed by atoms with Crippen molar-refractivity contribution in [3.8, 4) is 0 Å². The van der Waals surface area contributed by atoms with Crippen molar-refractivity contribution in [1.82, 2.24) is 15.5 Å². The quantitative estimate of drug-likeness (QED) is 0.704. The van der Waals surface area contributed by atoms with E-state index in [1.165, 1.54) is 25.7 Å². The summed E-state index contributed by atoms with van der Waals surface area (Å²) in [6, 6.07) is 0.0225. The second-order valence-electron chi connectivity index (χ2n) is 5.17. The van der Waals surface area contributed by atoms with Gasteiger partial charge in [-0.2, -0.15) is 0 Å². The molecule has 4 nitrogen and oxygen atoms in total. The first-order chi connectivity index (χ1) is 8.75. The molecule has 0 bridgehead atoms. The van der Waals surface area contributed by atoms with Crippen LogP contribution in [0.2, 0.25) is 0 Å². The summed E-state index contributed by atoms with van der Waals surface area (Å²) in [7, 11) is 0. The van der Waals surface area contributed by atoms with Crippen LogP contribution in [0.4, 0.5) is 0 Å². The number of nitrogens with one attached hydrogen (secondary N) is 2. The van der Waals surface area contributed by atoms with Crippen LogP contribution < -0.4 is 10.6 Å². The van der Waals surface area contributed by atoms with Crippen LogP contribution in [0.15, 0.2) is 0 Å². The third-order valence-corrected chi connectivity index (χ3v) is 3.60. The van der Waals surface area contributed by atoms with Crippen molar-refractivity contribution in [3.05, 3.63) is 0 Å². The minimum absolute atomic E-state index is 0. The molecule has 1 heterocycles. The second-order valence-corrected chi connectivity index (χ2v) is 5.17. The molecule has 1 rings (SSSR count). The Morgan fingerprint density at radius 1 is 1.05 bits per heavy atom. The zero-order valence-corrected chi connectivity index (χ0v) is 14.5. The molecule has 1 aliphatic heterocycles. The first kappa shape index (κ1) is 22.3. The predicted octanol–water partition coefficient (Wildman–Crippen LogP) is 2.21. The molecule has 1 amide bonds. The number of nitrogens with zero attached hydrogens (tertiary/aromatic N) is 1. The lowest BCUT2D eigenvalue weighted by Crippen LogP contribution is -2.46. The van der Waals surface area contributed by atoms with Crippen LogP contribution in [0.1, 0.15) is 46.0 Å². The summed E-state index contributed by atoms with van der Waals surface area (Å²) in [6.45, 7) is 8.94. The highest BCUT2D eigenvalue weighted by Crippen LogP contribution is 2.12. The zero-order chi connectivity index (χ0) is 13.2. The van der Waals surface area contributed by atoms with Crippen LogP contribution in [0.3, 0.4) is 0 Å².